The molecule has 1 fully saturated rings. The van der Waals surface area contributed by atoms with E-state index in [0.717, 1.165) is 41.7 Å². The number of hydrogen-bond acceptors (Lipinski definition) is 3. The molecule has 0 saturated carbocycles. The summed E-state index contributed by atoms with van der Waals surface area (Å²) in [6, 6.07) is 15.5. The van der Waals surface area contributed by atoms with Gasteiger partial charge in [0.15, 0.2) is 0 Å². The fraction of sp³-hybridized carbons (Fsp3) is 0.333. The molecule has 1 saturated heterocycles. The molecule has 0 radical (unpaired) electrons. The number of amides is 1. The molecule has 6 heteroatoms. The Bertz CT molecular complexity index is 1030. The average Bonchev–Trinajstić information content (AvgIpc) is 3.28. The minimum atomic E-state index is -0.162. The third kappa shape index (κ3) is 3.01. The lowest BCUT2D eigenvalue weighted by Gasteiger charge is -2.25. The Morgan fingerprint density at radius 2 is 1.81 bits per heavy atom. The highest BCUT2D eigenvalue weighted by Crippen LogP contribution is 2.33. The fourth-order valence-electron chi connectivity index (χ4n) is 3.98. The van der Waals surface area contributed by atoms with Gasteiger partial charge in [0.25, 0.3) is 0 Å². The van der Waals surface area contributed by atoms with Crippen molar-refractivity contribution in [2.75, 3.05) is 13.7 Å². The maximum atomic E-state index is 13.1. The summed E-state index contributed by atoms with van der Waals surface area (Å²) >= 11 is 0. The van der Waals surface area contributed by atoms with Crippen molar-refractivity contribution < 1.29 is 9.53 Å². The summed E-state index contributed by atoms with van der Waals surface area (Å²) in [5, 5.41) is 0. The molecule has 1 aliphatic heterocycles. The fourth-order valence-corrected chi connectivity index (χ4v) is 3.98. The summed E-state index contributed by atoms with van der Waals surface area (Å²) in [5.41, 5.74) is 2.57. The predicted octanol–water partition coefficient (Wildman–Crippen LogP) is 2.71. The molecule has 0 unspecified atom stereocenters. The van der Waals surface area contributed by atoms with Gasteiger partial charge >= 0.3 is 5.69 Å². The van der Waals surface area contributed by atoms with Gasteiger partial charge in [-0.1, -0.05) is 24.3 Å². The van der Waals surface area contributed by atoms with E-state index in [2.05, 4.69) is 0 Å². The van der Waals surface area contributed by atoms with E-state index in [4.69, 9.17) is 4.74 Å². The van der Waals surface area contributed by atoms with Crippen molar-refractivity contribution in [3.05, 3.63) is 64.6 Å². The maximum Gasteiger partial charge on any atom is 0.329 e. The molecule has 0 aliphatic carbocycles. The smallest absolute Gasteiger partial charge is 0.329 e. The van der Waals surface area contributed by atoms with Crippen LogP contribution < -0.4 is 10.4 Å². The molecule has 140 valence electrons. The van der Waals surface area contributed by atoms with Crippen molar-refractivity contribution in [3.63, 3.8) is 0 Å². The molecule has 3 aromatic rings. The van der Waals surface area contributed by atoms with Crippen molar-refractivity contribution in [1.29, 1.82) is 0 Å². The SMILES string of the molecule is COc1ccc([C@@H]2CCCN2C(=O)Cn2c(=O)n(C)c3ccccc32)cc1. The highest BCUT2D eigenvalue weighted by molar-refractivity contribution is 5.81. The zero-order valence-electron chi connectivity index (χ0n) is 15.6. The summed E-state index contributed by atoms with van der Waals surface area (Å²) < 4.78 is 8.38. The van der Waals surface area contributed by atoms with Crippen LogP contribution in [0.2, 0.25) is 0 Å². The summed E-state index contributed by atoms with van der Waals surface area (Å²) in [6.45, 7) is 0.780. The van der Waals surface area contributed by atoms with Crippen LogP contribution >= 0.6 is 0 Å². The molecule has 0 spiro atoms. The number of carbonyl (C=O) groups excluding carboxylic acids is 1. The number of para-hydroxylation sites is 2. The van der Waals surface area contributed by atoms with Crippen LogP contribution in [0.4, 0.5) is 0 Å². The Hall–Kier alpha value is -3.02. The Balaban J connectivity index is 1.61. The molecule has 1 aromatic heterocycles. The second kappa shape index (κ2) is 6.95. The summed E-state index contributed by atoms with van der Waals surface area (Å²) in [6.07, 6.45) is 1.90. The van der Waals surface area contributed by atoms with E-state index < -0.39 is 0 Å². The van der Waals surface area contributed by atoms with Crippen LogP contribution in [-0.4, -0.2) is 33.6 Å². The number of ether oxygens (including phenoxy) is 1. The average molecular weight is 365 g/mol. The zero-order chi connectivity index (χ0) is 19.0. The number of hydrogen-bond donors (Lipinski definition) is 0. The third-order valence-electron chi connectivity index (χ3n) is 5.42. The molecule has 1 aliphatic rings. The highest BCUT2D eigenvalue weighted by atomic mass is 16.5. The number of aromatic nitrogens is 2. The van der Waals surface area contributed by atoms with Gasteiger partial charge in [-0.2, -0.15) is 0 Å². The third-order valence-corrected chi connectivity index (χ3v) is 5.42. The van der Waals surface area contributed by atoms with Gasteiger partial charge in [-0.05, 0) is 42.7 Å². The minimum absolute atomic E-state index is 0.0215. The molecule has 0 N–H and O–H groups in total. The van der Waals surface area contributed by atoms with Crippen molar-refractivity contribution in [1.82, 2.24) is 14.0 Å². The molecule has 2 aromatic carbocycles. The van der Waals surface area contributed by atoms with Crippen molar-refractivity contribution >= 4 is 16.9 Å². The summed E-state index contributed by atoms with van der Waals surface area (Å²) in [5.74, 6) is 0.781. The quantitative estimate of drug-likeness (QED) is 0.714. The van der Waals surface area contributed by atoms with Gasteiger partial charge in [-0.3, -0.25) is 13.9 Å². The first kappa shape index (κ1) is 17.4. The number of rotatable bonds is 4. The molecule has 1 atom stereocenters. The Morgan fingerprint density at radius 3 is 2.52 bits per heavy atom. The van der Waals surface area contributed by atoms with Crippen LogP contribution in [0.5, 0.6) is 5.75 Å². The van der Waals surface area contributed by atoms with E-state index in [1.165, 1.54) is 0 Å². The largest absolute Gasteiger partial charge is 0.497 e. The Labute approximate surface area is 157 Å². The second-order valence-electron chi connectivity index (χ2n) is 6.93. The molecular formula is C21H23N3O3. The van der Waals surface area contributed by atoms with Crippen LogP contribution in [0, 0.1) is 0 Å². The number of carbonyl (C=O) groups is 1. The first-order chi connectivity index (χ1) is 13.1. The lowest BCUT2D eigenvalue weighted by atomic mass is 10.0. The zero-order valence-corrected chi connectivity index (χ0v) is 15.6. The Morgan fingerprint density at radius 1 is 1.11 bits per heavy atom. The lowest BCUT2D eigenvalue weighted by Crippen LogP contribution is -2.36. The maximum absolute atomic E-state index is 13.1. The van der Waals surface area contributed by atoms with E-state index in [0.29, 0.717) is 0 Å². The van der Waals surface area contributed by atoms with Gasteiger partial charge in [0, 0.05) is 13.6 Å². The minimum Gasteiger partial charge on any atom is -0.497 e. The van der Waals surface area contributed by atoms with Crippen LogP contribution in [0.3, 0.4) is 0 Å². The predicted molar refractivity (Wildman–Crippen MR) is 104 cm³/mol. The highest BCUT2D eigenvalue weighted by Gasteiger charge is 2.30. The van der Waals surface area contributed by atoms with E-state index in [9.17, 15) is 9.59 Å². The van der Waals surface area contributed by atoms with E-state index in [-0.39, 0.29) is 24.2 Å². The van der Waals surface area contributed by atoms with Gasteiger partial charge in [-0.25, -0.2) is 4.79 Å². The van der Waals surface area contributed by atoms with Crippen LogP contribution in [0.1, 0.15) is 24.4 Å². The standard InChI is InChI=1S/C21H23N3O3/c1-22-18-6-3-4-7-19(18)24(21(22)26)14-20(25)23-13-5-8-17(23)15-9-11-16(27-2)12-10-15/h3-4,6-7,9-12,17H,5,8,13-14H2,1-2H3/t17-/m0/s1. The van der Waals surface area contributed by atoms with Gasteiger partial charge in [-0.15, -0.1) is 0 Å². The molecule has 27 heavy (non-hydrogen) atoms. The first-order valence-corrected chi connectivity index (χ1v) is 9.18. The Kier molecular flexibility index (Phi) is 4.48. The molecule has 2 heterocycles. The van der Waals surface area contributed by atoms with Crippen molar-refractivity contribution in [3.8, 4) is 5.75 Å². The van der Waals surface area contributed by atoms with Gasteiger partial charge < -0.3 is 9.64 Å². The van der Waals surface area contributed by atoms with Crippen molar-refractivity contribution in [2.24, 2.45) is 7.05 Å². The topological polar surface area (TPSA) is 56.5 Å². The molecule has 0 bridgehead atoms. The van der Waals surface area contributed by atoms with Gasteiger partial charge in [0.05, 0.1) is 24.2 Å². The number of aryl methyl sites for hydroxylation is 1. The van der Waals surface area contributed by atoms with E-state index in [1.54, 1.807) is 23.3 Å². The normalized spacial score (nSPS) is 16.8. The molecular weight excluding hydrogens is 342 g/mol. The molecule has 4 rings (SSSR count). The monoisotopic (exact) mass is 365 g/mol. The van der Waals surface area contributed by atoms with Crippen LogP contribution in [0.15, 0.2) is 53.3 Å². The van der Waals surface area contributed by atoms with E-state index >= 15 is 0 Å². The molecule has 1 amide bonds. The van der Waals surface area contributed by atoms with E-state index in [1.807, 2.05) is 53.4 Å². The number of nitrogens with zero attached hydrogens (tertiary/aromatic N) is 3. The van der Waals surface area contributed by atoms with Gasteiger partial charge in [0.1, 0.15) is 12.3 Å². The second-order valence-corrected chi connectivity index (χ2v) is 6.93. The van der Waals surface area contributed by atoms with Crippen molar-refractivity contribution in [2.45, 2.75) is 25.4 Å². The number of methoxy groups -OCH3 is 1. The summed E-state index contributed by atoms with van der Waals surface area (Å²) in [4.78, 5) is 27.6. The van der Waals surface area contributed by atoms with Gasteiger partial charge in [0.2, 0.25) is 5.91 Å². The van der Waals surface area contributed by atoms with Crippen LogP contribution in [0.25, 0.3) is 11.0 Å². The number of fused-ring (bicyclic) bond motifs is 1. The number of likely N-dealkylation sites (tertiary alicyclic amines) is 1. The number of imidazole rings is 1. The number of benzene rings is 2. The first-order valence-electron chi connectivity index (χ1n) is 9.18. The summed E-state index contributed by atoms with van der Waals surface area (Å²) in [7, 11) is 3.38. The molecule has 6 nitrogen and oxygen atoms in total. The van der Waals surface area contributed by atoms with Crippen LogP contribution in [-0.2, 0) is 18.4 Å². The lowest BCUT2D eigenvalue weighted by molar-refractivity contribution is -0.132.